The molecule has 2 heterocycles. The highest BCUT2D eigenvalue weighted by Crippen LogP contribution is 2.35. The highest BCUT2D eigenvalue weighted by atomic mass is 16.5. The zero-order valence-electron chi connectivity index (χ0n) is 14.1. The van der Waals surface area contributed by atoms with Gasteiger partial charge in [-0.2, -0.15) is 0 Å². The highest BCUT2D eigenvalue weighted by molar-refractivity contribution is 5.96. The number of rotatable bonds is 5. The van der Waals surface area contributed by atoms with Crippen molar-refractivity contribution in [3.63, 3.8) is 0 Å². The van der Waals surface area contributed by atoms with Gasteiger partial charge < -0.3 is 15.4 Å². The first-order valence-electron chi connectivity index (χ1n) is 8.30. The molecule has 1 aliphatic rings. The number of aromatic nitrogens is 1. The van der Waals surface area contributed by atoms with Gasteiger partial charge in [0.15, 0.2) is 0 Å². The van der Waals surface area contributed by atoms with Crippen LogP contribution in [0.3, 0.4) is 0 Å². The van der Waals surface area contributed by atoms with Crippen LogP contribution in [0.25, 0.3) is 0 Å². The van der Waals surface area contributed by atoms with Gasteiger partial charge >= 0.3 is 0 Å². The molecule has 1 saturated heterocycles. The first-order valence-corrected chi connectivity index (χ1v) is 8.30. The highest BCUT2D eigenvalue weighted by Gasteiger charge is 2.46. The van der Waals surface area contributed by atoms with Gasteiger partial charge in [0.2, 0.25) is 11.8 Å². The van der Waals surface area contributed by atoms with Gasteiger partial charge in [-0.1, -0.05) is 30.3 Å². The van der Waals surface area contributed by atoms with E-state index in [-0.39, 0.29) is 12.5 Å². The summed E-state index contributed by atoms with van der Waals surface area (Å²) in [5.41, 5.74) is 6.19. The Bertz CT molecular complexity index is 761. The number of nitrogens with zero attached hydrogens (tertiary/aromatic N) is 2. The molecule has 6 nitrogen and oxygen atoms in total. The molecule has 130 valence electrons. The molecular formula is C19H21N3O3. The van der Waals surface area contributed by atoms with Gasteiger partial charge in [0.1, 0.15) is 0 Å². The first-order chi connectivity index (χ1) is 12.1. The smallest absolute Gasteiger partial charge is 0.255 e. The average Bonchev–Trinajstić information content (AvgIpc) is 3.10. The van der Waals surface area contributed by atoms with E-state index in [9.17, 15) is 9.59 Å². The number of amides is 2. The van der Waals surface area contributed by atoms with Crippen molar-refractivity contribution in [1.29, 1.82) is 0 Å². The quantitative estimate of drug-likeness (QED) is 0.899. The van der Waals surface area contributed by atoms with Crippen LogP contribution < -0.4 is 10.5 Å². The van der Waals surface area contributed by atoms with E-state index in [1.807, 2.05) is 37.3 Å². The number of likely N-dealkylation sites (tertiary alicyclic amines) is 1. The van der Waals surface area contributed by atoms with Crippen LogP contribution >= 0.6 is 0 Å². The Balaban J connectivity index is 1.81. The van der Waals surface area contributed by atoms with Gasteiger partial charge in [0.05, 0.1) is 17.6 Å². The van der Waals surface area contributed by atoms with Gasteiger partial charge in [0, 0.05) is 25.4 Å². The Morgan fingerprint density at radius 1 is 1.24 bits per heavy atom. The Kier molecular flexibility index (Phi) is 4.70. The second-order valence-electron chi connectivity index (χ2n) is 6.11. The van der Waals surface area contributed by atoms with Gasteiger partial charge in [-0.15, -0.1) is 0 Å². The molecule has 1 aliphatic heterocycles. The zero-order chi connectivity index (χ0) is 17.9. The summed E-state index contributed by atoms with van der Waals surface area (Å²) < 4.78 is 5.29. The van der Waals surface area contributed by atoms with Crippen LogP contribution in [-0.4, -0.2) is 41.4 Å². The molecule has 0 bridgehead atoms. The molecule has 0 aliphatic carbocycles. The van der Waals surface area contributed by atoms with Gasteiger partial charge in [-0.25, -0.2) is 4.98 Å². The fourth-order valence-electron chi connectivity index (χ4n) is 3.24. The molecule has 0 spiro atoms. The molecule has 1 atom stereocenters. The van der Waals surface area contributed by atoms with E-state index in [1.165, 1.54) is 6.20 Å². The van der Waals surface area contributed by atoms with Crippen LogP contribution in [0.1, 0.15) is 29.3 Å². The van der Waals surface area contributed by atoms with Crippen molar-refractivity contribution in [3.8, 4) is 5.88 Å². The van der Waals surface area contributed by atoms with Crippen molar-refractivity contribution in [2.75, 3.05) is 19.7 Å². The van der Waals surface area contributed by atoms with Crippen LogP contribution in [0.15, 0.2) is 48.7 Å². The predicted octanol–water partition coefficient (Wildman–Crippen LogP) is 1.75. The number of hydrogen-bond donors (Lipinski definition) is 1. The molecule has 25 heavy (non-hydrogen) atoms. The van der Waals surface area contributed by atoms with E-state index in [1.54, 1.807) is 17.0 Å². The number of nitrogens with two attached hydrogens (primary N) is 1. The third kappa shape index (κ3) is 3.20. The van der Waals surface area contributed by atoms with Crippen LogP contribution in [-0.2, 0) is 10.2 Å². The Hall–Kier alpha value is -2.89. The van der Waals surface area contributed by atoms with Crippen molar-refractivity contribution in [1.82, 2.24) is 9.88 Å². The third-order valence-electron chi connectivity index (χ3n) is 4.63. The van der Waals surface area contributed by atoms with Crippen LogP contribution in [0.4, 0.5) is 0 Å². The molecule has 0 radical (unpaired) electrons. The van der Waals surface area contributed by atoms with Crippen molar-refractivity contribution in [2.24, 2.45) is 5.73 Å². The Labute approximate surface area is 146 Å². The molecule has 2 amide bonds. The molecule has 2 aromatic rings. The second kappa shape index (κ2) is 6.93. The maximum Gasteiger partial charge on any atom is 0.255 e. The number of carbonyl (C=O) groups is 2. The van der Waals surface area contributed by atoms with Crippen molar-refractivity contribution < 1.29 is 14.3 Å². The lowest BCUT2D eigenvalue weighted by molar-refractivity contribution is -0.123. The lowest BCUT2D eigenvalue weighted by Gasteiger charge is -2.26. The van der Waals surface area contributed by atoms with Gasteiger partial charge in [-0.3, -0.25) is 9.59 Å². The molecule has 2 N–H and O–H groups in total. The van der Waals surface area contributed by atoms with E-state index in [0.29, 0.717) is 31.0 Å². The standard InChI is InChI=1S/C19H21N3O3/c1-2-25-16-9-8-14(12-21-16)17(23)22-11-10-19(13-22,18(20)24)15-6-4-3-5-7-15/h3-9,12H,2,10-11,13H2,1H3,(H2,20,24). The van der Waals surface area contributed by atoms with Crippen molar-refractivity contribution in [2.45, 2.75) is 18.8 Å². The SMILES string of the molecule is CCOc1ccc(C(=O)N2CCC(C(N)=O)(c3ccccc3)C2)cn1. The minimum absolute atomic E-state index is 0.158. The Morgan fingerprint density at radius 3 is 2.60 bits per heavy atom. The van der Waals surface area contributed by atoms with E-state index in [4.69, 9.17) is 10.5 Å². The molecule has 1 fully saturated rings. The number of pyridine rings is 1. The van der Waals surface area contributed by atoms with Gasteiger partial charge in [0.25, 0.3) is 5.91 Å². The van der Waals surface area contributed by atoms with Crippen molar-refractivity contribution in [3.05, 3.63) is 59.8 Å². The fraction of sp³-hybridized carbons (Fsp3) is 0.316. The van der Waals surface area contributed by atoms with E-state index in [0.717, 1.165) is 5.56 Å². The number of benzene rings is 1. The second-order valence-corrected chi connectivity index (χ2v) is 6.11. The predicted molar refractivity (Wildman–Crippen MR) is 93.2 cm³/mol. The monoisotopic (exact) mass is 339 g/mol. The summed E-state index contributed by atoms with van der Waals surface area (Å²) in [4.78, 5) is 30.7. The van der Waals surface area contributed by atoms with Crippen molar-refractivity contribution >= 4 is 11.8 Å². The number of ether oxygens (including phenoxy) is 1. The summed E-state index contributed by atoms with van der Waals surface area (Å²) in [7, 11) is 0. The summed E-state index contributed by atoms with van der Waals surface area (Å²) in [5.74, 6) is -0.0790. The number of hydrogen-bond acceptors (Lipinski definition) is 4. The fourth-order valence-corrected chi connectivity index (χ4v) is 3.24. The minimum atomic E-state index is -0.838. The van der Waals surface area contributed by atoms with Crippen LogP contribution in [0.5, 0.6) is 5.88 Å². The largest absolute Gasteiger partial charge is 0.478 e. The summed E-state index contributed by atoms with van der Waals surface area (Å²) >= 11 is 0. The molecule has 3 rings (SSSR count). The number of carbonyl (C=O) groups excluding carboxylic acids is 2. The summed E-state index contributed by atoms with van der Waals surface area (Å²) in [6.07, 6.45) is 2.02. The lowest BCUT2D eigenvalue weighted by atomic mass is 9.79. The Morgan fingerprint density at radius 2 is 2.00 bits per heavy atom. The summed E-state index contributed by atoms with van der Waals surface area (Å²) in [5, 5.41) is 0. The lowest BCUT2D eigenvalue weighted by Crippen LogP contribution is -2.44. The molecule has 1 aromatic carbocycles. The summed E-state index contributed by atoms with van der Waals surface area (Å²) in [6.45, 7) is 3.14. The molecule has 1 aromatic heterocycles. The summed E-state index contributed by atoms with van der Waals surface area (Å²) in [6, 6.07) is 12.8. The zero-order valence-corrected chi connectivity index (χ0v) is 14.1. The van der Waals surface area contributed by atoms with Crippen LogP contribution in [0.2, 0.25) is 0 Å². The normalized spacial score (nSPS) is 19.6. The maximum absolute atomic E-state index is 12.8. The minimum Gasteiger partial charge on any atom is -0.478 e. The number of primary amides is 1. The van der Waals surface area contributed by atoms with Crippen LogP contribution in [0, 0.1) is 0 Å². The van der Waals surface area contributed by atoms with E-state index >= 15 is 0 Å². The van der Waals surface area contributed by atoms with E-state index < -0.39 is 11.3 Å². The molecular weight excluding hydrogens is 318 g/mol. The maximum atomic E-state index is 12.8. The third-order valence-corrected chi connectivity index (χ3v) is 4.63. The molecule has 6 heteroatoms. The topological polar surface area (TPSA) is 85.5 Å². The first kappa shape index (κ1) is 17.0. The molecule has 1 unspecified atom stereocenters. The molecule has 0 saturated carbocycles. The van der Waals surface area contributed by atoms with Gasteiger partial charge in [-0.05, 0) is 25.0 Å². The van der Waals surface area contributed by atoms with E-state index in [2.05, 4.69) is 4.98 Å². The average molecular weight is 339 g/mol.